The van der Waals surface area contributed by atoms with E-state index in [1.54, 1.807) is 0 Å². The normalized spacial score (nSPS) is 11.7. The van der Waals surface area contributed by atoms with Crippen LogP contribution in [-0.4, -0.2) is 14.5 Å². The second-order valence-corrected chi connectivity index (χ2v) is 12.6. The number of para-hydroxylation sites is 1. The summed E-state index contributed by atoms with van der Waals surface area (Å²) in [5.74, 6) is 0.718. The molecule has 0 saturated heterocycles. The molecule has 0 bridgehead atoms. The van der Waals surface area contributed by atoms with E-state index in [0.29, 0.717) is 0 Å². The van der Waals surface area contributed by atoms with Crippen molar-refractivity contribution in [1.29, 1.82) is 0 Å². The van der Waals surface area contributed by atoms with Crippen molar-refractivity contribution in [1.82, 2.24) is 14.5 Å². The molecule has 2 heterocycles. The zero-order chi connectivity index (χ0) is 32.3. The van der Waals surface area contributed by atoms with Crippen molar-refractivity contribution in [3.8, 4) is 39.6 Å². The lowest BCUT2D eigenvalue weighted by Crippen LogP contribution is -1.97. The first-order chi connectivity index (χ1) is 24.3. The maximum absolute atomic E-state index is 5.05. The molecule has 228 valence electrons. The average Bonchev–Trinajstić information content (AvgIpc) is 3.53. The van der Waals surface area contributed by atoms with Gasteiger partial charge in [-0.3, -0.25) is 0 Å². The lowest BCUT2D eigenvalue weighted by molar-refractivity contribution is 1.17. The Morgan fingerprint density at radius 3 is 1.69 bits per heavy atom. The van der Waals surface area contributed by atoms with Crippen molar-refractivity contribution in [3.63, 3.8) is 0 Å². The highest BCUT2D eigenvalue weighted by atomic mass is 15.0. The summed E-state index contributed by atoms with van der Waals surface area (Å²) in [7, 11) is 0. The van der Waals surface area contributed by atoms with Crippen LogP contribution in [0.4, 0.5) is 0 Å². The van der Waals surface area contributed by atoms with Crippen molar-refractivity contribution in [2.45, 2.75) is 0 Å². The van der Waals surface area contributed by atoms with Crippen molar-refractivity contribution < 1.29 is 0 Å². The zero-order valence-corrected chi connectivity index (χ0v) is 26.6. The lowest BCUT2D eigenvalue weighted by atomic mass is 9.94. The molecule has 0 radical (unpaired) electrons. The Bertz CT molecular complexity index is 2790. The fourth-order valence-corrected chi connectivity index (χ4v) is 7.51. The summed E-state index contributed by atoms with van der Waals surface area (Å²) in [6, 6.07) is 62.6. The summed E-state index contributed by atoms with van der Waals surface area (Å²) in [5.41, 5.74) is 8.41. The van der Waals surface area contributed by atoms with Gasteiger partial charge < -0.3 is 4.57 Å². The van der Waals surface area contributed by atoms with Gasteiger partial charge in [-0.2, -0.15) is 0 Å². The standard InChI is InChI=1S/C46H29N3/c1-3-12-31(13-4-1)40-29-41(48-46(47-40)34-14-5-2-6-15-34)32-21-24-35(25-22-32)49-42-18-10-9-17-39(42)45-38-26-23-33-20-19-30-11-7-8-16-36(30)44(33)37(38)27-28-43(45)49/h1-29H. The Morgan fingerprint density at radius 1 is 0.347 bits per heavy atom. The summed E-state index contributed by atoms with van der Waals surface area (Å²) >= 11 is 0. The first-order valence-electron chi connectivity index (χ1n) is 16.7. The van der Waals surface area contributed by atoms with Crippen LogP contribution in [0.1, 0.15) is 0 Å². The Kier molecular flexibility index (Phi) is 6.18. The highest BCUT2D eigenvalue weighted by molar-refractivity contribution is 6.29. The summed E-state index contributed by atoms with van der Waals surface area (Å²) in [6.45, 7) is 0. The quantitative estimate of drug-likeness (QED) is 0.183. The molecule has 0 amide bonds. The Balaban J connectivity index is 1.15. The monoisotopic (exact) mass is 623 g/mol. The van der Waals surface area contributed by atoms with E-state index in [0.717, 1.165) is 39.6 Å². The van der Waals surface area contributed by atoms with Gasteiger partial charge in [0, 0.05) is 33.2 Å². The number of fused-ring (bicyclic) bond motifs is 9. The predicted molar refractivity (Wildman–Crippen MR) is 205 cm³/mol. The Labute approximate surface area is 283 Å². The molecular formula is C46H29N3. The molecule has 10 aromatic rings. The second kappa shape index (κ2) is 11.0. The molecule has 0 atom stereocenters. The maximum atomic E-state index is 5.05. The molecule has 10 rings (SSSR count). The molecule has 0 spiro atoms. The van der Waals surface area contributed by atoms with Gasteiger partial charge in [0.1, 0.15) is 0 Å². The molecule has 3 nitrogen and oxygen atoms in total. The highest BCUT2D eigenvalue weighted by Gasteiger charge is 2.17. The predicted octanol–water partition coefficient (Wildman–Crippen LogP) is 12.0. The van der Waals surface area contributed by atoms with Crippen LogP contribution < -0.4 is 0 Å². The number of aromatic nitrogens is 3. The fourth-order valence-electron chi connectivity index (χ4n) is 7.51. The third kappa shape index (κ3) is 4.44. The zero-order valence-electron chi connectivity index (χ0n) is 26.6. The van der Waals surface area contributed by atoms with E-state index in [1.165, 1.54) is 54.1 Å². The van der Waals surface area contributed by atoms with Crippen molar-refractivity contribution in [2.24, 2.45) is 0 Å². The highest BCUT2D eigenvalue weighted by Crippen LogP contribution is 2.41. The molecule has 0 saturated carbocycles. The minimum absolute atomic E-state index is 0.718. The van der Waals surface area contributed by atoms with E-state index < -0.39 is 0 Å². The van der Waals surface area contributed by atoms with Crippen LogP contribution in [0.15, 0.2) is 176 Å². The van der Waals surface area contributed by atoms with E-state index in [2.05, 4.69) is 144 Å². The lowest BCUT2D eigenvalue weighted by Gasteiger charge is -2.12. The molecule has 0 unspecified atom stereocenters. The van der Waals surface area contributed by atoms with Gasteiger partial charge in [-0.1, -0.05) is 146 Å². The van der Waals surface area contributed by atoms with Gasteiger partial charge in [-0.05, 0) is 62.6 Å². The van der Waals surface area contributed by atoms with Crippen molar-refractivity contribution >= 4 is 54.1 Å². The van der Waals surface area contributed by atoms with Crippen LogP contribution in [0.3, 0.4) is 0 Å². The SMILES string of the molecule is c1ccc(-c2cc(-c3ccc(-n4c5ccccc5c5c6ccc7ccc8ccccc8c7c6ccc54)cc3)nc(-c3ccccc3)n2)cc1. The minimum Gasteiger partial charge on any atom is -0.309 e. The van der Waals surface area contributed by atoms with Crippen molar-refractivity contribution in [2.75, 3.05) is 0 Å². The Hall–Kier alpha value is -6.58. The fraction of sp³-hybridized carbons (Fsp3) is 0. The molecule has 49 heavy (non-hydrogen) atoms. The largest absolute Gasteiger partial charge is 0.309 e. The third-order valence-corrected chi connectivity index (χ3v) is 9.79. The molecular weight excluding hydrogens is 595 g/mol. The van der Waals surface area contributed by atoms with Gasteiger partial charge in [0.2, 0.25) is 0 Å². The summed E-state index contributed by atoms with van der Waals surface area (Å²) < 4.78 is 2.39. The van der Waals surface area contributed by atoms with Gasteiger partial charge in [0.05, 0.1) is 22.4 Å². The smallest absolute Gasteiger partial charge is 0.160 e. The number of rotatable bonds is 4. The molecule has 0 aliphatic carbocycles. The van der Waals surface area contributed by atoms with Crippen LogP contribution in [0.25, 0.3) is 93.7 Å². The molecule has 0 fully saturated rings. The average molecular weight is 624 g/mol. The molecule has 0 aliphatic heterocycles. The summed E-state index contributed by atoms with van der Waals surface area (Å²) in [6.07, 6.45) is 0. The first kappa shape index (κ1) is 27.5. The van der Waals surface area contributed by atoms with E-state index in [4.69, 9.17) is 9.97 Å². The third-order valence-electron chi connectivity index (χ3n) is 9.79. The van der Waals surface area contributed by atoms with Crippen LogP contribution in [0.5, 0.6) is 0 Å². The van der Waals surface area contributed by atoms with E-state index in [-0.39, 0.29) is 0 Å². The first-order valence-corrected chi connectivity index (χ1v) is 16.7. The number of benzene rings is 8. The van der Waals surface area contributed by atoms with E-state index >= 15 is 0 Å². The van der Waals surface area contributed by atoms with Gasteiger partial charge in [0.25, 0.3) is 0 Å². The van der Waals surface area contributed by atoms with Gasteiger partial charge >= 0.3 is 0 Å². The number of hydrogen-bond acceptors (Lipinski definition) is 2. The van der Waals surface area contributed by atoms with E-state index in [9.17, 15) is 0 Å². The molecule has 2 aromatic heterocycles. The van der Waals surface area contributed by atoms with Gasteiger partial charge in [0.15, 0.2) is 5.82 Å². The van der Waals surface area contributed by atoms with Crippen molar-refractivity contribution in [3.05, 3.63) is 176 Å². The topological polar surface area (TPSA) is 30.7 Å². The maximum Gasteiger partial charge on any atom is 0.160 e. The van der Waals surface area contributed by atoms with Crippen LogP contribution in [0.2, 0.25) is 0 Å². The second-order valence-electron chi connectivity index (χ2n) is 12.6. The van der Waals surface area contributed by atoms with Crippen LogP contribution in [-0.2, 0) is 0 Å². The minimum atomic E-state index is 0.718. The van der Waals surface area contributed by atoms with Gasteiger partial charge in [-0.15, -0.1) is 0 Å². The summed E-state index contributed by atoms with van der Waals surface area (Å²) in [4.78, 5) is 10.0. The number of hydrogen-bond donors (Lipinski definition) is 0. The molecule has 0 N–H and O–H groups in total. The van der Waals surface area contributed by atoms with E-state index in [1.807, 2.05) is 36.4 Å². The number of nitrogens with zero attached hydrogens (tertiary/aromatic N) is 3. The Morgan fingerprint density at radius 2 is 0.918 bits per heavy atom. The molecule has 8 aromatic carbocycles. The van der Waals surface area contributed by atoms with Crippen LogP contribution in [0, 0.1) is 0 Å². The van der Waals surface area contributed by atoms with Crippen LogP contribution >= 0.6 is 0 Å². The molecule has 3 heteroatoms. The van der Waals surface area contributed by atoms with Gasteiger partial charge in [-0.25, -0.2) is 9.97 Å². The molecule has 0 aliphatic rings. The summed E-state index contributed by atoms with van der Waals surface area (Å²) in [5, 5.41) is 10.2.